The van der Waals surface area contributed by atoms with Gasteiger partial charge in [-0.15, -0.1) is 0 Å². The van der Waals surface area contributed by atoms with Crippen molar-refractivity contribution in [2.24, 2.45) is 0 Å². The molecule has 0 unspecified atom stereocenters. The van der Waals surface area contributed by atoms with E-state index >= 15 is 0 Å². The Kier molecular flexibility index (Phi) is 0.803. The molecule has 0 spiro atoms. The van der Waals surface area contributed by atoms with Gasteiger partial charge < -0.3 is 0 Å². The molecule has 0 N–H and O–H groups in total. The van der Waals surface area contributed by atoms with E-state index in [9.17, 15) is 0 Å². The van der Waals surface area contributed by atoms with Crippen LogP contribution in [0.3, 0.4) is 0 Å². The average Bonchev–Trinajstić information content (AvgIpc) is 2.33. The molecule has 1 aromatic carbocycles. The van der Waals surface area contributed by atoms with E-state index in [1.165, 1.54) is 0 Å². The highest BCUT2D eigenvalue weighted by molar-refractivity contribution is 5.84. The number of hydrogen-bond acceptors (Lipinski definition) is 2. The van der Waals surface area contributed by atoms with Crippen molar-refractivity contribution in [3.8, 4) is 5.75 Å². The highest BCUT2D eigenvalue weighted by atomic mass is 16.6. The average molecular weight is 119 g/mol. The molecule has 0 atom stereocenters. The summed E-state index contributed by atoms with van der Waals surface area (Å²) in [4.78, 5) is 4.87. The van der Waals surface area contributed by atoms with Crippen LogP contribution in [0.15, 0.2) is 24.3 Å². The molecule has 2 rings (SSSR count). The van der Waals surface area contributed by atoms with Gasteiger partial charge in [0.2, 0.25) is 5.75 Å². The quantitative estimate of drug-likeness (QED) is 0.494. The number of nitrogens with zero attached hydrogens (tertiary/aromatic N) is 1. The zero-order valence-electron chi connectivity index (χ0n) is 4.74. The first-order chi connectivity index (χ1) is 4.47. The Balaban J connectivity index is 2.63. The second kappa shape index (κ2) is 1.58. The first-order valence-electron chi connectivity index (χ1n) is 2.76. The summed E-state index contributed by atoms with van der Waals surface area (Å²) in [6.45, 7) is 0. The number of rotatable bonds is 0. The summed E-state index contributed by atoms with van der Waals surface area (Å²) in [5.41, 5.74) is 1.05. The van der Waals surface area contributed by atoms with E-state index in [4.69, 9.17) is 4.84 Å². The molecule has 1 aliphatic rings. The third-order valence-corrected chi connectivity index (χ3v) is 1.26. The Labute approximate surface area is 52.8 Å². The predicted molar refractivity (Wildman–Crippen MR) is 34.4 cm³/mol. The Bertz CT molecular complexity index is 255. The van der Waals surface area contributed by atoms with Crippen molar-refractivity contribution in [3.63, 3.8) is 0 Å². The fraction of sp³-hybridized carbons (Fsp3) is 0. The highest BCUT2D eigenvalue weighted by Crippen LogP contribution is 2.16. The molecule has 2 nitrogen and oxygen atoms in total. The third kappa shape index (κ3) is 0.598. The minimum Gasteiger partial charge on any atom is -0.171 e. The molecule has 0 aliphatic carbocycles. The normalized spacial score (nSPS) is 12.9. The first-order valence-corrected chi connectivity index (χ1v) is 2.76. The molecule has 0 saturated heterocycles. The van der Waals surface area contributed by atoms with Crippen LogP contribution in [0.4, 0.5) is 0 Å². The summed E-state index contributed by atoms with van der Waals surface area (Å²) in [6, 6.07) is 7.74. The van der Waals surface area contributed by atoms with Crippen LogP contribution < -0.4 is 9.99 Å². The highest BCUT2D eigenvalue weighted by Gasteiger charge is 2.15. The van der Waals surface area contributed by atoms with Gasteiger partial charge in [0.05, 0.1) is 0 Å². The van der Waals surface area contributed by atoms with Gasteiger partial charge >= 0.3 is 6.21 Å². The van der Waals surface area contributed by atoms with Crippen LogP contribution >= 0.6 is 0 Å². The van der Waals surface area contributed by atoms with Gasteiger partial charge in [0, 0.05) is 0 Å². The van der Waals surface area contributed by atoms with E-state index in [-0.39, 0.29) is 0 Å². The molecule has 0 fully saturated rings. The second-order valence-corrected chi connectivity index (χ2v) is 1.86. The fourth-order valence-corrected chi connectivity index (χ4v) is 0.810. The minimum absolute atomic E-state index is 0.845. The van der Waals surface area contributed by atoms with Crippen molar-refractivity contribution in [1.29, 1.82) is 0 Å². The van der Waals surface area contributed by atoms with E-state index in [1.807, 2.05) is 24.3 Å². The molecule has 1 aromatic rings. The Morgan fingerprint density at radius 2 is 2.11 bits per heavy atom. The van der Waals surface area contributed by atoms with Gasteiger partial charge in [-0.25, -0.2) is 0 Å². The Morgan fingerprint density at radius 1 is 1.22 bits per heavy atom. The number of benzene rings is 1. The van der Waals surface area contributed by atoms with E-state index < -0.39 is 0 Å². The van der Waals surface area contributed by atoms with Crippen molar-refractivity contribution in [3.05, 3.63) is 29.8 Å². The molecule has 0 aromatic heterocycles. The molecular formula is C7H5NO+. The Morgan fingerprint density at radius 3 is 3.00 bits per heavy atom. The van der Waals surface area contributed by atoms with Gasteiger partial charge in [0.25, 0.3) is 5.16 Å². The van der Waals surface area contributed by atoms with Gasteiger partial charge in [0.1, 0.15) is 5.56 Å². The molecule has 0 bridgehead atoms. The second-order valence-electron chi connectivity index (χ2n) is 1.86. The van der Waals surface area contributed by atoms with Crippen LogP contribution in [-0.2, 0) is 0 Å². The van der Waals surface area contributed by atoms with Gasteiger partial charge in [-0.1, -0.05) is 12.1 Å². The summed E-state index contributed by atoms with van der Waals surface area (Å²) in [6.07, 6.45) is 1.70. The van der Waals surface area contributed by atoms with Crippen LogP contribution in [0.5, 0.6) is 5.75 Å². The van der Waals surface area contributed by atoms with E-state index in [0.29, 0.717) is 0 Å². The van der Waals surface area contributed by atoms with Gasteiger partial charge in [-0.3, -0.25) is 0 Å². The number of fused-ring (bicyclic) bond motifs is 1. The summed E-state index contributed by atoms with van der Waals surface area (Å²) >= 11 is 0. The largest absolute Gasteiger partial charge is 0.314 e. The van der Waals surface area contributed by atoms with Crippen molar-refractivity contribution >= 4 is 6.21 Å². The number of oxime groups is 1. The summed E-state index contributed by atoms with van der Waals surface area (Å²) in [5.74, 6) is 0.845. The smallest absolute Gasteiger partial charge is 0.171 e. The molecule has 0 amide bonds. The van der Waals surface area contributed by atoms with E-state index in [0.717, 1.165) is 11.3 Å². The maximum atomic E-state index is 4.87. The monoisotopic (exact) mass is 119 g/mol. The van der Waals surface area contributed by atoms with Crippen LogP contribution in [0.25, 0.3) is 0 Å². The van der Waals surface area contributed by atoms with E-state index in [1.54, 1.807) is 6.21 Å². The standard InChI is InChI=1S/C7H5NO/c1-2-4-7-6(3-1)5-8-9-7/h1-5H/q+1. The zero-order valence-corrected chi connectivity index (χ0v) is 4.74. The van der Waals surface area contributed by atoms with Crippen molar-refractivity contribution in [2.75, 3.05) is 0 Å². The van der Waals surface area contributed by atoms with Crippen molar-refractivity contribution in [2.45, 2.75) is 0 Å². The maximum absolute atomic E-state index is 4.87. The first kappa shape index (κ1) is 4.56. The summed E-state index contributed by atoms with van der Waals surface area (Å²) in [5, 5.41) is 3.63. The minimum atomic E-state index is 0.845. The number of para-hydroxylation sites is 1. The van der Waals surface area contributed by atoms with Gasteiger partial charge in [-0.2, -0.15) is 4.84 Å². The molecule has 0 saturated carbocycles. The molecule has 1 aliphatic heterocycles. The van der Waals surface area contributed by atoms with Crippen molar-refractivity contribution < 1.29 is 4.84 Å². The lowest BCUT2D eigenvalue weighted by molar-refractivity contribution is 0.295. The fourth-order valence-electron chi connectivity index (χ4n) is 0.810. The number of hydrogen-bond donors (Lipinski definition) is 0. The van der Waals surface area contributed by atoms with Gasteiger partial charge in [-0.05, 0) is 12.1 Å². The molecule has 1 radical (unpaired) electrons. The predicted octanol–water partition coefficient (Wildman–Crippen LogP) is 0.749. The topological polar surface area (TPSA) is 23.3 Å². The summed E-state index contributed by atoms with van der Waals surface area (Å²) < 4.78 is 0. The van der Waals surface area contributed by atoms with Crippen LogP contribution in [-0.4, -0.2) is 6.21 Å². The molecule has 43 valence electrons. The SMILES string of the molecule is C1=[N+]Oc2ccccc21. The Hall–Kier alpha value is -1.31. The van der Waals surface area contributed by atoms with Crippen LogP contribution in [0.1, 0.15) is 5.56 Å². The summed E-state index contributed by atoms with van der Waals surface area (Å²) in [7, 11) is 0. The zero-order chi connectivity index (χ0) is 6.10. The van der Waals surface area contributed by atoms with Crippen LogP contribution in [0, 0.1) is 0 Å². The molecule has 1 heterocycles. The van der Waals surface area contributed by atoms with Gasteiger partial charge in [0.15, 0.2) is 0 Å². The molecule has 2 heteroatoms. The van der Waals surface area contributed by atoms with Crippen molar-refractivity contribution in [1.82, 2.24) is 5.16 Å². The lowest BCUT2D eigenvalue weighted by Gasteiger charge is -1.83. The molecular weight excluding hydrogens is 114 g/mol. The molecule has 9 heavy (non-hydrogen) atoms. The lowest BCUT2D eigenvalue weighted by Crippen LogP contribution is -1.86. The lowest BCUT2D eigenvalue weighted by atomic mass is 10.2. The van der Waals surface area contributed by atoms with E-state index in [2.05, 4.69) is 5.16 Å². The maximum Gasteiger partial charge on any atom is 0.314 e. The van der Waals surface area contributed by atoms with Crippen LogP contribution in [0.2, 0.25) is 0 Å². The third-order valence-electron chi connectivity index (χ3n) is 1.26.